The van der Waals surface area contributed by atoms with Crippen LogP contribution in [0.3, 0.4) is 0 Å². The molecule has 1 aromatic rings. The summed E-state index contributed by atoms with van der Waals surface area (Å²) >= 11 is 0. The second-order valence-electron chi connectivity index (χ2n) is 6.94. The van der Waals surface area contributed by atoms with Crippen LogP contribution in [0.25, 0.3) is 6.08 Å². The van der Waals surface area contributed by atoms with E-state index >= 15 is 0 Å². The number of aliphatic hydroxyl groups is 1. The lowest BCUT2D eigenvalue weighted by atomic mass is 10.0. The summed E-state index contributed by atoms with van der Waals surface area (Å²) < 4.78 is 5.22. The molecule has 0 unspecified atom stereocenters. The summed E-state index contributed by atoms with van der Waals surface area (Å²) in [5.41, 5.74) is 6.42. The molecule has 0 saturated carbocycles. The van der Waals surface area contributed by atoms with Crippen LogP contribution in [0.5, 0.6) is 5.75 Å². The molecule has 0 heterocycles. The van der Waals surface area contributed by atoms with Crippen molar-refractivity contribution >= 4 is 6.08 Å². The lowest BCUT2D eigenvalue weighted by Gasteiger charge is -2.17. The highest BCUT2D eigenvalue weighted by atomic mass is 16.6. The maximum Gasteiger partial charge on any atom is 0.118 e. The van der Waals surface area contributed by atoms with Crippen molar-refractivity contribution in [2.45, 2.75) is 51.7 Å². The van der Waals surface area contributed by atoms with Crippen LogP contribution in [-0.4, -0.2) is 37.5 Å². The molecule has 0 radical (unpaired) electrons. The number of methoxy groups -OCH3 is 1. The molecule has 3 N–H and O–H groups in total. The van der Waals surface area contributed by atoms with Crippen LogP contribution < -0.4 is 15.5 Å². The SMILES string of the molecule is COc1ccc(C=C2CCCCC=C2NOC[C@H](O)CNC(C)C)cc1. The first kappa shape index (κ1) is 20.5. The third kappa shape index (κ3) is 7.20. The Labute approximate surface area is 157 Å². The Balaban J connectivity index is 1.94. The number of hydroxylamine groups is 1. The molecule has 1 aliphatic carbocycles. The molecule has 1 atom stereocenters. The van der Waals surface area contributed by atoms with Crippen molar-refractivity contribution in [2.75, 3.05) is 20.3 Å². The molecule has 0 bridgehead atoms. The minimum absolute atomic E-state index is 0.243. The molecule has 0 spiro atoms. The van der Waals surface area contributed by atoms with Gasteiger partial charge < -0.3 is 15.2 Å². The summed E-state index contributed by atoms with van der Waals surface area (Å²) in [6.07, 6.45) is 8.20. The quantitative estimate of drug-likeness (QED) is 0.589. The second-order valence-corrected chi connectivity index (χ2v) is 6.94. The summed E-state index contributed by atoms with van der Waals surface area (Å²) in [6.45, 7) is 4.87. The zero-order chi connectivity index (χ0) is 18.8. The normalized spacial score (nSPS) is 17.7. The van der Waals surface area contributed by atoms with Crippen molar-refractivity contribution in [1.29, 1.82) is 0 Å². The summed E-state index contributed by atoms with van der Waals surface area (Å²) in [6, 6.07) is 8.39. The van der Waals surface area contributed by atoms with E-state index in [1.807, 2.05) is 12.1 Å². The Kier molecular flexibility index (Phi) is 8.68. The van der Waals surface area contributed by atoms with E-state index in [1.54, 1.807) is 7.11 Å². The van der Waals surface area contributed by atoms with Gasteiger partial charge in [0.2, 0.25) is 0 Å². The number of nitrogens with one attached hydrogen (secondary N) is 2. The number of ether oxygens (including phenoxy) is 1. The Morgan fingerprint density at radius 2 is 1.96 bits per heavy atom. The molecule has 0 aromatic heterocycles. The highest BCUT2D eigenvalue weighted by molar-refractivity contribution is 5.58. The van der Waals surface area contributed by atoms with E-state index in [2.05, 4.69) is 48.9 Å². The first-order chi connectivity index (χ1) is 12.6. The standard InChI is InChI=1S/C21H32N2O3/c1-16(2)22-14-19(24)15-26-23-21-8-6-4-5-7-18(21)13-17-9-11-20(25-3)12-10-17/h8-13,16,19,22-24H,4-7,14-15H2,1-3H3/t19-/m1/s1. The lowest BCUT2D eigenvalue weighted by molar-refractivity contribution is -0.00481. The van der Waals surface area contributed by atoms with E-state index in [0.29, 0.717) is 12.6 Å². The molecule has 1 aliphatic rings. The molecule has 1 aromatic carbocycles. The van der Waals surface area contributed by atoms with E-state index in [0.717, 1.165) is 36.3 Å². The highest BCUT2D eigenvalue weighted by Gasteiger charge is 2.11. The fourth-order valence-corrected chi connectivity index (χ4v) is 2.78. The van der Waals surface area contributed by atoms with E-state index in [-0.39, 0.29) is 6.61 Å². The van der Waals surface area contributed by atoms with Crippen LogP contribution in [-0.2, 0) is 4.84 Å². The van der Waals surface area contributed by atoms with Gasteiger partial charge in [0.15, 0.2) is 0 Å². The van der Waals surface area contributed by atoms with E-state index in [1.165, 1.54) is 12.0 Å². The largest absolute Gasteiger partial charge is 0.497 e. The van der Waals surface area contributed by atoms with Gasteiger partial charge in [-0.3, -0.25) is 10.3 Å². The molecule has 26 heavy (non-hydrogen) atoms. The summed E-state index contributed by atoms with van der Waals surface area (Å²) in [5, 5.41) is 13.2. The predicted molar refractivity (Wildman–Crippen MR) is 106 cm³/mol. The van der Waals surface area contributed by atoms with Gasteiger partial charge in [0.05, 0.1) is 18.9 Å². The molecule has 0 amide bonds. The monoisotopic (exact) mass is 360 g/mol. The lowest BCUT2D eigenvalue weighted by Crippen LogP contribution is -2.35. The van der Waals surface area contributed by atoms with Crippen LogP contribution in [0, 0.1) is 0 Å². The summed E-state index contributed by atoms with van der Waals surface area (Å²) in [7, 11) is 1.67. The maximum absolute atomic E-state index is 9.96. The van der Waals surface area contributed by atoms with Crippen LogP contribution in [0.1, 0.15) is 45.1 Å². The van der Waals surface area contributed by atoms with Crippen molar-refractivity contribution in [2.24, 2.45) is 0 Å². The molecule has 0 aliphatic heterocycles. The smallest absolute Gasteiger partial charge is 0.118 e. The Bertz CT molecular complexity index is 594. The fourth-order valence-electron chi connectivity index (χ4n) is 2.78. The molecule has 5 heteroatoms. The number of aliphatic hydroxyl groups excluding tert-OH is 1. The summed E-state index contributed by atoms with van der Waals surface area (Å²) in [5.74, 6) is 0.856. The van der Waals surface area contributed by atoms with Crippen molar-refractivity contribution in [3.05, 3.63) is 47.2 Å². The molecule has 0 fully saturated rings. The first-order valence-corrected chi connectivity index (χ1v) is 9.43. The Hall–Kier alpha value is -1.82. The van der Waals surface area contributed by atoms with Gasteiger partial charge in [-0.1, -0.05) is 32.1 Å². The van der Waals surface area contributed by atoms with Crippen molar-refractivity contribution < 1.29 is 14.7 Å². The fraction of sp³-hybridized carbons (Fsp3) is 0.524. The average molecular weight is 360 g/mol. The van der Waals surface area contributed by atoms with E-state index < -0.39 is 6.10 Å². The topological polar surface area (TPSA) is 62.8 Å². The molecular formula is C21H32N2O3. The minimum atomic E-state index is -0.537. The van der Waals surface area contributed by atoms with E-state index in [9.17, 15) is 5.11 Å². The predicted octanol–water partition coefficient (Wildman–Crippen LogP) is 3.42. The number of hydrogen-bond acceptors (Lipinski definition) is 5. The minimum Gasteiger partial charge on any atom is -0.497 e. The zero-order valence-corrected chi connectivity index (χ0v) is 16.1. The van der Waals surface area contributed by atoms with Gasteiger partial charge in [-0.05, 0) is 55.0 Å². The third-order valence-electron chi connectivity index (χ3n) is 4.27. The highest BCUT2D eigenvalue weighted by Crippen LogP contribution is 2.24. The molecule has 5 nitrogen and oxygen atoms in total. The van der Waals surface area contributed by atoms with Crippen molar-refractivity contribution in [3.8, 4) is 5.75 Å². The van der Waals surface area contributed by atoms with Gasteiger partial charge in [-0.25, -0.2) is 0 Å². The molecule has 2 rings (SSSR count). The van der Waals surface area contributed by atoms with Gasteiger partial charge in [0.1, 0.15) is 12.4 Å². The van der Waals surface area contributed by atoms with Crippen LogP contribution in [0.2, 0.25) is 0 Å². The van der Waals surface area contributed by atoms with Gasteiger partial charge in [-0.15, -0.1) is 0 Å². The van der Waals surface area contributed by atoms with Crippen LogP contribution in [0.15, 0.2) is 41.6 Å². The summed E-state index contributed by atoms with van der Waals surface area (Å²) in [4.78, 5) is 5.56. The molecular weight excluding hydrogens is 328 g/mol. The first-order valence-electron chi connectivity index (χ1n) is 9.43. The molecule has 0 saturated heterocycles. The third-order valence-corrected chi connectivity index (χ3v) is 4.27. The van der Waals surface area contributed by atoms with Gasteiger partial charge in [-0.2, -0.15) is 0 Å². The van der Waals surface area contributed by atoms with Gasteiger partial charge >= 0.3 is 0 Å². The van der Waals surface area contributed by atoms with Crippen molar-refractivity contribution in [3.63, 3.8) is 0 Å². The van der Waals surface area contributed by atoms with Gasteiger partial charge in [0, 0.05) is 12.6 Å². The number of benzene rings is 1. The van der Waals surface area contributed by atoms with Gasteiger partial charge in [0.25, 0.3) is 0 Å². The van der Waals surface area contributed by atoms with Crippen molar-refractivity contribution in [1.82, 2.24) is 10.8 Å². The Morgan fingerprint density at radius 1 is 1.19 bits per heavy atom. The number of rotatable bonds is 9. The zero-order valence-electron chi connectivity index (χ0n) is 16.1. The Morgan fingerprint density at radius 3 is 2.65 bits per heavy atom. The van der Waals surface area contributed by atoms with Crippen LogP contribution in [0.4, 0.5) is 0 Å². The maximum atomic E-state index is 9.96. The van der Waals surface area contributed by atoms with E-state index in [4.69, 9.17) is 9.57 Å². The number of hydrogen-bond donors (Lipinski definition) is 3. The average Bonchev–Trinajstić information content (AvgIpc) is 2.86. The molecule has 144 valence electrons. The number of allylic oxidation sites excluding steroid dienone is 2. The second kappa shape index (κ2) is 11.0. The van der Waals surface area contributed by atoms with Crippen LogP contribution >= 0.6 is 0 Å².